The third kappa shape index (κ3) is 3.42. The average molecular weight is 323 g/mol. The fourth-order valence-electron chi connectivity index (χ4n) is 2.97. The number of likely N-dealkylation sites (tertiary alicyclic amines) is 1. The summed E-state index contributed by atoms with van der Waals surface area (Å²) in [4.78, 5) is 26.9. The van der Waals surface area contributed by atoms with Crippen molar-refractivity contribution in [3.05, 3.63) is 54.6 Å². The summed E-state index contributed by atoms with van der Waals surface area (Å²) in [5.41, 5.74) is 1.99. The average Bonchev–Trinajstić information content (AvgIpc) is 2.63. The summed E-state index contributed by atoms with van der Waals surface area (Å²) in [6, 6.07) is 3.91. The van der Waals surface area contributed by atoms with E-state index in [-0.39, 0.29) is 11.8 Å². The molecule has 124 valence electrons. The molecule has 1 N–H and O–H groups in total. The number of nitrogens with zero attached hydrogens (tertiary/aromatic N) is 4. The van der Waals surface area contributed by atoms with Crippen molar-refractivity contribution < 1.29 is 4.79 Å². The van der Waals surface area contributed by atoms with E-state index in [1.807, 2.05) is 24.0 Å². The van der Waals surface area contributed by atoms with Gasteiger partial charge in [-0.2, -0.15) is 0 Å². The lowest BCUT2D eigenvalue weighted by molar-refractivity contribution is -0.127. The first-order valence-corrected chi connectivity index (χ1v) is 8.10. The van der Waals surface area contributed by atoms with Crippen molar-refractivity contribution in [1.29, 1.82) is 0 Å². The van der Waals surface area contributed by atoms with E-state index in [1.54, 1.807) is 18.6 Å². The lowest BCUT2D eigenvalue weighted by Crippen LogP contribution is -2.37. The van der Waals surface area contributed by atoms with Crippen molar-refractivity contribution in [2.24, 2.45) is 0 Å². The number of piperidine rings is 1. The highest BCUT2D eigenvalue weighted by Gasteiger charge is 2.26. The van der Waals surface area contributed by atoms with Gasteiger partial charge >= 0.3 is 0 Å². The second-order valence-corrected chi connectivity index (χ2v) is 5.89. The SMILES string of the molecule is C=CC(=O)N1CCC(c2nccnc2Nc2ncccc2C)CC1. The van der Waals surface area contributed by atoms with Crippen LogP contribution in [0.1, 0.15) is 30.0 Å². The van der Waals surface area contributed by atoms with Crippen LogP contribution in [0, 0.1) is 6.92 Å². The molecule has 2 aromatic heterocycles. The maximum Gasteiger partial charge on any atom is 0.245 e. The molecule has 1 aliphatic heterocycles. The highest BCUT2D eigenvalue weighted by molar-refractivity contribution is 5.87. The normalized spacial score (nSPS) is 15.1. The molecule has 2 aromatic rings. The fourth-order valence-corrected chi connectivity index (χ4v) is 2.97. The van der Waals surface area contributed by atoms with E-state index >= 15 is 0 Å². The van der Waals surface area contributed by atoms with Crippen molar-refractivity contribution in [1.82, 2.24) is 19.9 Å². The van der Waals surface area contributed by atoms with Gasteiger partial charge in [0.2, 0.25) is 5.91 Å². The molecule has 3 heterocycles. The van der Waals surface area contributed by atoms with Crippen LogP contribution < -0.4 is 5.32 Å². The Morgan fingerprint density at radius 1 is 1.21 bits per heavy atom. The molecule has 0 radical (unpaired) electrons. The zero-order chi connectivity index (χ0) is 16.9. The maximum atomic E-state index is 11.7. The van der Waals surface area contributed by atoms with Crippen LogP contribution in [0.15, 0.2) is 43.4 Å². The van der Waals surface area contributed by atoms with E-state index in [1.165, 1.54) is 6.08 Å². The quantitative estimate of drug-likeness (QED) is 0.876. The van der Waals surface area contributed by atoms with Gasteiger partial charge in [0.25, 0.3) is 0 Å². The van der Waals surface area contributed by atoms with E-state index in [2.05, 4.69) is 26.8 Å². The number of amides is 1. The third-order valence-corrected chi connectivity index (χ3v) is 4.34. The van der Waals surface area contributed by atoms with Gasteiger partial charge in [-0.05, 0) is 37.5 Å². The number of anilines is 2. The summed E-state index contributed by atoms with van der Waals surface area (Å²) in [5, 5.41) is 3.30. The molecular formula is C18H21N5O. The van der Waals surface area contributed by atoms with E-state index in [4.69, 9.17) is 0 Å². The third-order valence-electron chi connectivity index (χ3n) is 4.34. The lowest BCUT2D eigenvalue weighted by Gasteiger charge is -2.31. The molecule has 3 rings (SSSR count). The van der Waals surface area contributed by atoms with Crippen LogP contribution in [-0.4, -0.2) is 38.8 Å². The minimum absolute atomic E-state index is 0.00458. The minimum Gasteiger partial charge on any atom is -0.339 e. The number of aryl methyl sites for hydroxylation is 1. The molecule has 0 saturated carbocycles. The standard InChI is InChI=1S/C18H21N5O/c1-3-15(24)23-11-6-14(7-12-23)16-18(21-10-9-19-16)22-17-13(2)5-4-8-20-17/h3-5,8-10,14H,1,6-7,11-12H2,2H3,(H,20,21,22). The van der Waals surface area contributed by atoms with Crippen molar-refractivity contribution in [2.75, 3.05) is 18.4 Å². The van der Waals surface area contributed by atoms with Crippen molar-refractivity contribution in [3.8, 4) is 0 Å². The second kappa shape index (κ2) is 7.21. The number of hydrogen-bond acceptors (Lipinski definition) is 5. The molecule has 0 atom stereocenters. The van der Waals surface area contributed by atoms with Gasteiger partial charge in [-0.25, -0.2) is 9.97 Å². The summed E-state index contributed by atoms with van der Waals surface area (Å²) in [5.74, 6) is 1.81. The Morgan fingerprint density at radius 2 is 1.92 bits per heavy atom. The molecule has 1 saturated heterocycles. The lowest BCUT2D eigenvalue weighted by atomic mass is 9.93. The van der Waals surface area contributed by atoms with Gasteiger partial charge in [-0.3, -0.25) is 9.78 Å². The number of pyridine rings is 1. The smallest absolute Gasteiger partial charge is 0.245 e. The van der Waals surface area contributed by atoms with Gasteiger partial charge in [0, 0.05) is 37.6 Å². The van der Waals surface area contributed by atoms with Crippen LogP contribution in [0.3, 0.4) is 0 Å². The number of rotatable bonds is 4. The Labute approximate surface area is 141 Å². The molecular weight excluding hydrogens is 302 g/mol. The predicted octanol–water partition coefficient (Wildman–Crippen LogP) is 2.82. The topological polar surface area (TPSA) is 71.0 Å². The molecule has 6 heteroatoms. The first-order valence-electron chi connectivity index (χ1n) is 8.10. The number of carbonyl (C=O) groups excluding carboxylic acids is 1. The Morgan fingerprint density at radius 3 is 2.62 bits per heavy atom. The van der Waals surface area contributed by atoms with Crippen molar-refractivity contribution >= 4 is 17.5 Å². The van der Waals surface area contributed by atoms with Crippen LogP contribution in [-0.2, 0) is 4.79 Å². The summed E-state index contributed by atoms with van der Waals surface area (Å²) < 4.78 is 0. The minimum atomic E-state index is -0.00458. The van der Waals surface area contributed by atoms with Crippen molar-refractivity contribution in [3.63, 3.8) is 0 Å². The highest BCUT2D eigenvalue weighted by Crippen LogP contribution is 2.31. The fraction of sp³-hybridized carbons (Fsp3) is 0.333. The molecule has 0 spiro atoms. The highest BCUT2D eigenvalue weighted by atomic mass is 16.2. The van der Waals surface area contributed by atoms with E-state index in [9.17, 15) is 4.79 Å². The number of nitrogens with one attached hydrogen (secondary N) is 1. The Balaban J connectivity index is 1.77. The Kier molecular flexibility index (Phi) is 4.84. The van der Waals surface area contributed by atoms with Gasteiger partial charge in [-0.15, -0.1) is 0 Å². The molecule has 1 fully saturated rings. The van der Waals surface area contributed by atoms with Crippen LogP contribution in [0.4, 0.5) is 11.6 Å². The van der Waals surface area contributed by atoms with Gasteiger partial charge in [-0.1, -0.05) is 12.6 Å². The molecule has 1 amide bonds. The molecule has 0 aliphatic carbocycles. The zero-order valence-electron chi connectivity index (χ0n) is 13.8. The first kappa shape index (κ1) is 16.1. The second-order valence-electron chi connectivity index (χ2n) is 5.89. The summed E-state index contributed by atoms with van der Waals surface area (Å²) in [7, 11) is 0. The summed E-state index contributed by atoms with van der Waals surface area (Å²) in [6.07, 6.45) is 8.26. The molecule has 1 aliphatic rings. The Hall–Kier alpha value is -2.76. The van der Waals surface area contributed by atoms with Crippen LogP contribution in [0.25, 0.3) is 0 Å². The number of hydrogen-bond donors (Lipinski definition) is 1. The van der Waals surface area contributed by atoms with Gasteiger partial charge < -0.3 is 10.2 Å². The Bertz CT molecular complexity index is 738. The molecule has 0 unspecified atom stereocenters. The van der Waals surface area contributed by atoms with E-state index < -0.39 is 0 Å². The monoisotopic (exact) mass is 323 g/mol. The zero-order valence-corrected chi connectivity index (χ0v) is 13.8. The molecule has 24 heavy (non-hydrogen) atoms. The van der Waals surface area contributed by atoms with E-state index in [0.29, 0.717) is 13.1 Å². The number of aromatic nitrogens is 3. The largest absolute Gasteiger partial charge is 0.339 e. The predicted molar refractivity (Wildman–Crippen MR) is 93.0 cm³/mol. The van der Waals surface area contributed by atoms with Crippen LogP contribution in [0.5, 0.6) is 0 Å². The van der Waals surface area contributed by atoms with Gasteiger partial charge in [0.15, 0.2) is 5.82 Å². The summed E-state index contributed by atoms with van der Waals surface area (Å²) in [6.45, 7) is 6.99. The van der Waals surface area contributed by atoms with E-state index in [0.717, 1.165) is 35.7 Å². The van der Waals surface area contributed by atoms with Crippen molar-refractivity contribution in [2.45, 2.75) is 25.7 Å². The molecule has 0 bridgehead atoms. The summed E-state index contributed by atoms with van der Waals surface area (Å²) >= 11 is 0. The van der Waals surface area contributed by atoms with Gasteiger partial charge in [0.05, 0.1) is 5.69 Å². The molecule has 6 nitrogen and oxygen atoms in total. The number of carbonyl (C=O) groups is 1. The molecule has 0 aromatic carbocycles. The van der Waals surface area contributed by atoms with Crippen LogP contribution >= 0.6 is 0 Å². The van der Waals surface area contributed by atoms with Gasteiger partial charge in [0.1, 0.15) is 5.82 Å². The first-order chi connectivity index (χ1) is 11.7. The van der Waals surface area contributed by atoms with Crippen LogP contribution in [0.2, 0.25) is 0 Å². The maximum absolute atomic E-state index is 11.7.